The number of halogens is 1. The Kier molecular flexibility index (Phi) is 3.36. The van der Waals surface area contributed by atoms with Crippen LogP contribution >= 0.6 is 0 Å². The standard InChI is InChI=1S/C17H14FNO2/c1-21-10-2-6-16(18)14(8-10)12-3-4-13-11(15(12)9-19)5-7-17(13)20/h2-4,6,8,17,20H,5,7H2,1H3/t17-/m0/s1. The van der Waals surface area contributed by atoms with Crippen LogP contribution in [0.1, 0.15) is 29.2 Å². The van der Waals surface area contributed by atoms with Crippen LogP contribution in [0.3, 0.4) is 0 Å². The zero-order valence-corrected chi connectivity index (χ0v) is 11.6. The minimum absolute atomic E-state index is 0.343. The largest absolute Gasteiger partial charge is 0.497 e. The number of hydrogen-bond acceptors (Lipinski definition) is 3. The Morgan fingerprint density at radius 2 is 2.10 bits per heavy atom. The quantitative estimate of drug-likeness (QED) is 0.919. The third-order valence-electron chi connectivity index (χ3n) is 3.95. The maximum absolute atomic E-state index is 14.1. The molecule has 3 nitrogen and oxygen atoms in total. The van der Waals surface area contributed by atoms with Crippen molar-refractivity contribution in [2.24, 2.45) is 0 Å². The lowest BCUT2D eigenvalue weighted by molar-refractivity contribution is 0.180. The van der Waals surface area contributed by atoms with Crippen LogP contribution in [0.25, 0.3) is 11.1 Å². The van der Waals surface area contributed by atoms with Gasteiger partial charge in [-0.1, -0.05) is 12.1 Å². The summed E-state index contributed by atoms with van der Waals surface area (Å²) < 4.78 is 19.2. The second-order valence-electron chi connectivity index (χ2n) is 5.07. The number of rotatable bonds is 2. The third-order valence-corrected chi connectivity index (χ3v) is 3.95. The average Bonchev–Trinajstić information content (AvgIpc) is 2.88. The van der Waals surface area contributed by atoms with Crippen LogP contribution in [0.5, 0.6) is 5.75 Å². The van der Waals surface area contributed by atoms with Gasteiger partial charge in [0.15, 0.2) is 0 Å². The van der Waals surface area contributed by atoms with Crippen molar-refractivity contribution >= 4 is 0 Å². The zero-order valence-electron chi connectivity index (χ0n) is 11.6. The SMILES string of the molecule is COc1ccc(F)c(-c2ccc3c(c2C#N)CC[C@@H]3O)c1. The monoisotopic (exact) mass is 283 g/mol. The summed E-state index contributed by atoms with van der Waals surface area (Å²) in [5, 5.41) is 19.4. The number of methoxy groups -OCH3 is 1. The number of benzene rings is 2. The average molecular weight is 283 g/mol. The lowest BCUT2D eigenvalue weighted by Crippen LogP contribution is -1.97. The van der Waals surface area contributed by atoms with Crippen LogP contribution in [0.2, 0.25) is 0 Å². The van der Waals surface area contributed by atoms with Crippen molar-refractivity contribution in [2.45, 2.75) is 18.9 Å². The van der Waals surface area contributed by atoms with Crippen molar-refractivity contribution in [3.05, 3.63) is 52.8 Å². The first kappa shape index (κ1) is 13.6. The predicted octanol–water partition coefficient (Wildman–Crippen LogP) is 3.35. The molecule has 0 amide bonds. The highest BCUT2D eigenvalue weighted by Crippen LogP contribution is 2.38. The Balaban J connectivity index is 2.23. The molecule has 4 heteroatoms. The molecule has 0 aliphatic heterocycles. The summed E-state index contributed by atoms with van der Waals surface area (Å²) in [7, 11) is 1.52. The molecule has 106 valence electrons. The van der Waals surface area contributed by atoms with Gasteiger partial charge in [-0.2, -0.15) is 5.26 Å². The van der Waals surface area contributed by atoms with Crippen molar-refractivity contribution in [3.8, 4) is 22.9 Å². The van der Waals surface area contributed by atoms with E-state index in [-0.39, 0.29) is 0 Å². The first-order valence-corrected chi connectivity index (χ1v) is 6.73. The van der Waals surface area contributed by atoms with Crippen molar-refractivity contribution < 1.29 is 14.2 Å². The molecule has 3 rings (SSSR count). The molecule has 0 saturated carbocycles. The Labute approximate surface area is 122 Å². The summed E-state index contributed by atoms with van der Waals surface area (Å²) in [6.07, 6.45) is 0.712. The van der Waals surface area contributed by atoms with E-state index in [0.717, 1.165) is 11.1 Å². The predicted molar refractivity (Wildman–Crippen MR) is 76.4 cm³/mol. The molecular weight excluding hydrogens is 269 g/mol. The van der Waals surface area contributed by atoms with Gasteiger partial charge in [0.25, 0.3) is 0 Å². The van der Waals surface area contributed by atoms with E-state index in [2.05, 4.69) is 6.07 Å². The highest BCUT2D eigenvalue weighted by Gasteiger charge is 2.25. The molecule has 0 spiro atoms. The van der Waals surface area contributed by atoms with E-state index in [4.69, 9.17) is 4.74 Å². The van der Waals surface area contributed by atoms with E-state index >= 15 is 0 Å². The van der Waals surface area contributed by atoms with Gasteiger partial charge in [0.2, 0.25) is 0 Å². The number of hydrogen-bond donors (Lipinski definition) is 1. The number of aliphatic hydroxyl groups excluding tert-OH is 1. The van der Waals surface area contributed by atoms with Crippen LogP contribution in [0.4, 0.5) is 4.39 Å². The van der Waals surface area contributed by atoms with Gasteiger partial charge < -0.3 is 9.84 Å². The van der Waals surface area contributed by atoms with E-state index in [0.29, 0.717) is 35.3 Å². The van der Waals surface area contributed by atoms with Gasteiger partial charge in [-0.15, -0.1) is 0 Å². The molecule has 1 aliphatic carbocycles. The molecule has 1 aliphatic rings. The van der Waals surface area contributed by atoms with Crippen LogP contribution in [-0.2, 0) is 6.42 Å². The molecule has 0 heterocycles. The van der Waals surface area contributed by atoms with Gasteiger partial charge in [-0.25, -0.2) is 4.39 Å². The van der Waals surface area contributed by atoms with Crippen LogP contribution in [0, 0.1) is 17.1 Å². The van der Waals surface area contributed by atoms with E-state index in [1.54, 1.807) is 24.3 Å². The number of fused-ring (bicyclic) bond motifs is 1. The van der Waals surface area contributed by atoms with Crippen molar-refractivity contribution in [2.75, 3.05) is 7.11 Å². The molecule has 0 radical (unpaired) electrons. The summed E-state index contributed by atoms with van der Waals surface area (Å²) in [5.74, 6) is 0.140. The molecular formula is C17H14FNO2. The Hall–Kier alpha value is -2.38. The summed E-state index contributed by atoms with van der Waals surface area (Å²) in [6.45, 7) is 0. The molecule has 21 heavy (non-hydrogen) atoms. The highest BCUT2D eigenvalue weighted by atomic mass is 19.1. The summed E-state index contributed by atoms with van der Waals surface area (Å²) >= 11 is 0. The third kappa shape index (κ3) is 2.16. The Bertz CT molecular complexity index is 749. The van der Waals surface area contributed by atoms with E-state index in [1.807, 2.05) is 0 Å². The molecule has 2 aromatic rings. The maximum atomic E-state index is 14.1. The molecule has 0 unspecified atom stereocenters. The van der Waals surface area contributed by atoms with Gasteiger partial charge in [-0.3, -0.25) is 0 Å². The molecule has 0 aromatic heterocycles. The van der Waals surface area contributed by atoms with Crippen molar-refractivity contribution in [1.29, 1.82) is 5.26 Å². The smallest absolute Gasteiger partial charge is 0.131 e. The normalized spacial score (nSPS) is 16.4. The molecule has 0 bridgehead atoms. The van der Waals surface area contributed by atoms with Gasteiger partial charge in [-0.05, 0) is 42.2 Å². The lowest BCUT2D eigenvalue weighted by atomic mass is 9.93. The number of nitriles is 1. The number of ether oxygens (including phenoxy) is 1. The topological polar surface area (TPSA) is 53.2 Å². The molecule has 1 atom stereocenters. The Morgan fingerprint density at radius 3 is 2.81 bits per heavy atom. The summed E-state index contributed by atoms with van der Waals surface area (Å²) in [4.78, 5) is 0. The number of nitrogens with zero attached hydrogens (tertiary/aromatic N) is 1. The van der Waals surface area contributed by atoms with E-state index in [1.165, 1.54) is 13.2 Å². The fourth-order valence-electron chi connectivity index (χ4n) is 2.87. The fraction of sp³-hybridized carbons (Fsp3) is 0.235. The fourth-order valence-corrected chi connectivity index (χ4v) is 2.87. The van der Waals surface area contributed by atoms with E-state index < -0.39 is 11.9 Å². The van der Waals surface area contributed by atoms with Gasteiger partial charge in [0.05, 0.1) is 18.8 Å². The van der Waals surface area contributed by atoms with Crippen LogP contribution in [0.15, 0.2) is 30.3 Å². The van der Waals surface area contributed by atoms with E-state index in [9.17, 15) is 14.8 Å². The zero-order chi connectivity index (χ0) is 15.0. The van der Waals surface area contributed by atoms with Crippen LogP contribution < -0.4 is 4.74 Å². The molecule has 1 N–H and O–H groups in total. The maximum Gasteiger partial charge on any atom is 0.131 e. The summed E-state index contributed by atoms with van der Waals surface area (Å²) in [5.41, 5.74) is 2.93. The second-order valence-corrected chi connectivity index (χ2v) is 5.07. The first-order valence-electron chi connectivity index (χ1n) is 6.73. The lowest BCUT2D eigenvalue weighted by Gasteiger charge is -2.12. The van der Waals surface area contributed by atoms with Gasteiger partial charge in [0.1, 0.15) is 17.6 Å². The molecule has 2 aromatic carbocycles. The molecule has 0 fully saturated rings. The van der Waals surface area contributed by atoms with Crippen molar-refractivity contribution in [1.82, 2.24) is 0 Å². The van der Waals surface area contributed by atoms with Crippen LogP contribution in [-0.4, -0.2) is 12.2 Å². The minimum Gasteiger partial charge on any atom is -0.497 e. The highest BCUT2D eigenvalue weighted by molar-refractivity contribution is 5.75. The second kappa shape index (κ2) is 5.19. The van der Waals surface area contributed by atoms with Gasteiger partial charge in [0, 0.05) is 11.1 Å². The van der Waals surface area contributed by atoms with Crippen molar-refractivity contribution in [3.63, 3.8) is 0 Å². The van der Waals surface area contributed by atoms with Gasteiger partial charge >= 0.3 is 0 Å². The first-order chi connectivity index (χ1) is 10.2. The molecule has 0 saturated heterocycles. The minimum atomic E-state index is -0.531. The summed E-state index contributed by atoms with van der Waals surface area (Å²) in [6, 6.07) is 10.1. The Morgan fingerprint density at radius 1 is 1.29 bits per heavy atom. The number of aliphatic hydroxyl groups is 1.